The molecule has 0 N–H and O–H groups in total. The Labute approximate surface area is 243 Å². The number of morpholine rings is 1. The quantitative estimate of drug-likeness (QED) is 0.328. The van der Waals surface area contributed by atoms with Crippen LogP contribution in [-0.2, 0) is 19.0 Å². The Balaban J connectivity index is 1.14. The van der Waals surface area contributed by atoms with Crippen LogP contribution in [0.25, 0.3) is 21.9 Å². The summed E-state index contributed by atoms with van der Waals surface area (Å²) in [4.78, 5) is 21.8. The molecule has 0 radical (unpaired) electrons. The lowest BCUT2D eigenvalue weighted by Crippen LogP contribution is -2.44. The van der Waals surface area contributed by atoms with E-state index in [0.717, 1.165) is 90.3 Å². The number of carbonyl (C=O) groups is 1. The first-order valence-corrected chi connectivity index (χ1v) is 15.4. The van der Waals surface area contributed by atoms with E-state index in [2.05, 4.69) is 65.3 Å². The summed E-state index contributed by atoms with van der Waals surface area (Å²) in [6, 6.07) is 17.6. The van der Waals surface area contributed by atoms with E-state index in [4.69, 9.17) is 14.2 Å². The topological polar surface area (TPSA) is 64.1 Å². The predicted molar refractivity (Wildman–Crippen MR) is 161 cm³/mol. The molecule has 0 aliphatic carbocycles. The number of nitrogens with zero attached hydrogens (tertiary/aromatic N) is 3. The van der Waals surface area contributed by atoms with Crippen molar-refractivity contribution in [1.29, 1.82) is 0 Å². The molecule has 3 aromatic rings. The first-order chi connectivity index (χ1) is 20.2. The minimum atomic E-state index is -0.235. The Kier molecular flexibility index (Phi) is 9.26. The maximum Gasteiger partial charge on any atom is 0.251 e. The Hall–Kier alpha value is -2.84. The summed E-state index contributed by atoms with van der Waals surface area (Å²) >= 11 is 0. The Morgan fingerprint density at radius 2 is 1.76 bits per heavy atom. The van der Waals surface area contributed by atoms with Crippen LogP contribution >= 0.6 is 0 Å². The van der Waals surface area contributed by atoms with Gasteiger partial charge in [-0.05, 0) is 79.2 Å². The molecule has 7 heteroatoms. The van der Waals surface area contributed by atoms with Gasteiger partial charge in [-0.15, -0.1) is 0 Å². The summed E-state index contributed by atoms with van der Waals surface area (Å²) in [5, 5.41) is 2.41. The highest BCUT2D eigenvalue weighted by molar-refractivity contribution is 5.88. The highest BCUT2D eigenvalue weighted by Gasteiger charge is 2.34. The molecule has 7 nitrogen and oxygen atoms in total. The van der Waals surface area contributed by atoms with Crippen LogP contribution in [0, 0.1) is 12.8 Å². The van der Waals surface area contributed by atoms with Crippen molar-refractivity contribution in [2.45, 2.75) is 51.2 Å². The molecule has 218 valence electrons. The number of benzene rings is 2. The van der Waals surface area contributed by atoms with Crippen LogP contribution in [0.5, 0.6) is 0 Å². The van der Waals surface area contributed by atoms with E-state index in [-0.39, 0.29) is 18.1 Å². The van der Waals surface area contributed by atoms with E-state index < -0.39 is 0 Å². The zero-order valence-corrected chi connectivity index (χ0v) is 24.3. The van der Waals surface area contributed by atoms with Gasteiger partial charge in [-0.3, -0.25) is 14.7 Å². The van der Waals surface area contributed by atoms with Gasteiger partial charge in [-0.2, -0.15) is 0 Å². The smallest absolute Gasteiger partial charge is 0.251 e. The zero-order chi connectivity index (χ0) is 28.0. The number of aryl methyl sites for hydroxylation is 1. The maximum atomic E-state index is 12.9. The van der Waals surface area contributed by atoms with Gasteiger partial charge < -0.3 is 19.1 Å². The van der Waals surface area contributed by atoms with Gasteiger partial charge in [-0.1, -0.05) is 36.4 Å². The number of rotatable bonds is 9. The van der Waals surface area contributed by atoms with E-state index >= 15 is 0 Å². The van der Waals surface area contributed by atoms with E-state index in [1.807, 2.05) is 11.1 Å². The molecule has 3 saturated heterocycles. The molecule has 41 heavy (non-hydrogen) atoms. The molecule has 2 atom stereocenters. The summed E-state index contributed by atoms with van der Waals surface area (Å²) in [7, 11) is 0. The lowest BCUT2D eigenvalue weighted by molar-refractivity contribution is -0.143. The molecule has 1 aromatic heterocycles. The number of carbonyl (C=O) groups excluding carboxylic acids is 1. The van der Waals surface area contributed by atoms with Crippen molar-refractivity contribution in [2.75, 3.05) is 59.2 Å². The molecule has 3 aliphatic rings. The third-order valence-corrected chi connectivity index (χ3v) is 9.04. The summed E-state index contributed by atoms with van der Waals surface area (Å²) < 4.78 is 17.8. The second-order valence-electron chi connectivity index (χ2n) is 11.7. The van der Waals surface area contributed by atoms with Crippen LogP contribution in [0.2, 0.25) is 0 Å². The van der Waals surface area contributed by atoms with E-state index in [0.29, 0.717) is 12.5 Å². The monoisotopic (exact) mass is 557 g/mol. The van der Waals surface area contributed by atoms with Gasteiger partial charge in [0.15, 0.2) is 0 Å². The molecule has 3 aliphatic heterocycles. The minimum Gasteiger partial charge on any atom is -0.379 e. The first kappa shape index (κ1) is 28.3. The standard InChI is InChI=1S/C34H43N3O4/c1-25-31-10-9-29(24-30(31)11-14-35-25)26-5-7-27(8-6-26)33(41-21-3-15-36-18-22-39-23-19-36)28-12-16-37(17-13-28)34(38)32-4-2-20-40-32/h5-11,14,24,28,32-33H,2-4,12-13,15-23H2,1H3. The van der Waals surface area contributed by atoms with Gasteiger partial charge >= 0.3 is 0 Å². The number of fused-ring (bicyclic) bond motifs is 1. The molecule has 2 aromatic carbocycles. The van der Waals surface area contributed by atoms with Crippen molar-refractivity contribution in [3.8, 4) is 11.1 Å². The Morgan fingerprint density at radius 1 is 0.976 bits per heavy atom. The molecule has 6 rings (SSSR count). The predicted octanol–water partition coefficient (Wildman–Crippen LogP) is 5.41. The number of hydrogen-bond donors (Lipinski definition) is 0. The average molecular weight is 558 g/mol. The second kappa shape index (κ2) is 13.4. The number of pyridine rings is 1. The number of ether oxygens (including phenoxy) is 3. The van der Waals surface area contributed by atoms with Crippen LogP contribution in [0.1, 0.15) is 49.5 Å². The van der Waals surface area contributed by atoms with Gasteiger partial charge in [0.1, 0.15) is 6.10 Å². The lowest BCUT2D eigenvalue weighted by Gasteiger charge is -2.37. The molecule has 3 fully saturated rings. The lowest BCUT2D eigenvalue weighted by atomic mass is 9.86. The third-order valence-electron chi connectivity index (χ3n) is 9.04. The summed E-state index contributed by atoms with van der Waals surface area (Å²) in [6.45, 7) is 9.76. The SMILES string of the molecule is Cc1nccc2cc(-c3ccc(C(OCCCN4CCOCC4)C4CCN(C(=O)C5CCCO5)CC4)cc3)ccc12. The number of likely N-dealkylation sites (tertiary alicyclic amines) is 1. The van der Waals surface area contributed by atoms with Crippen LogP contribution in [0.4, 0.5) is 0 Å². The van der Waals surface area contributed by atoms with Crippen molar-refractivity contribution in [2.24, 2.45) is 5.92 Å². The zero-order valence-electron chi connectivity index (χ0n) is 24.3. The van der Waals surface area contributed by atoms with Crippen molar-refractivity contribution >= 4 is 16.7 Å². The Morgan fingerprint density at radius 3 is 2.51 bits per heavy atom. The second-order valence-corrected chi connectivity index (χ2v) is 11.7. The molecule has 4 heterocycles. The molecule has 0 bridgehead atoms. The Bertz CT molecular complexity index is 1290. The molecule has 2 unspecified atom stereocenters. The number of amides is 1. The van der Waals surface area contributed by atoms with Crippen LogP contribution < -0.4 is 0 Å². The van der Waals surface area contributed by atoms with Gasteiger partial charge in [0.25, 0.3) is 5.91 Å². The summed E-state index contributed by atoms with van der Waals surface area (Å²) in [5.41, 5.74) is 4.69. The highest BCUT2D eigenvalue weighted by Crippen LogP contribution is 2.36. The van der Waals surface area contributed by atoms with Gasteiger partial charge in [0, 0.05) is 63.2 Å². The largest absolute Gasteiger partial charge is 0.379 e. The fourth-order valence-electron chi connectivity index (χ4n) is 6.60. The number of hydrogen-bond acceptors (Lipinski definition) is 6. The van der Waals surface area contributed by atoms with Crippen molar-refractivity contribution in [3.63, 3.8) is 0 Å². The molecule has 0 spiro atoms. The number of piperidine rings is 1. The fourth-order valence-corrected chi connectivity index (χ4v) is 6.60. The van der Waals surface area contributed by atoms with E-state index in [1.165, 1.54) is 27.5 Å². The van der Waals surface area contributed by atoms with Crippen molar-refractivity contribution < 1.29 is 19.0 Å². The molecular formula is C34H43N3O4. The third kappa shape index (κ3) is 6.81. The van der Waals surface area contributed by atoms with Gasteiger partial charge in [0.05, 0.1) is 19.3 Å². The maximum absolute atomic E-state index is 12.9. The minimum absolute atomic E-state index is 0.0269. The van der Waals surface area contributed by atoms with Crippen LogP contribution in [0.3, 0.4) is 0 Å². The molecular weight excluding hydrogens is 514 g/mol. The molecule has 0 saturated carbocycles. The normalized spacial score (nSPS) is 21.4. The van der Waals surface area contributed by atoms with Crippen molar-refractivity contribution in [3.05, 3.63) is 66.0 Å². The average Bonchev–Trinajstić information content (AvgIpc) is 3.57. The van der Waals surface area contributed by atoms with Gasteiger partial charge in [0.2, 0.25) is 0 Å². The number of aromatic nitrogens is 1. The first-order valence-electron chi connectivity index (χ1n) is 15.4. The fraction of sp³-hybridized carbons (Fsp3) is 0.529. The van der Waals surface area contributed by atoms with Crippen molar-refractivity contribution in [1.82, 2.24) is 14.8 Å². The van der Waals surface area contributed by atoms with E-state index in [9.17, 15) is 4.79 Å². The highest BCUT2D eigenvalue weighted by atomic mass is 16.5. The van der Waals surface area contributed by atoms with E-state index in [1.54, 1.807) is 0 Å². The van der Waals surface area contributed by atoms with Crippen LogP contribution in [-0.4, -0.2) is 85.9 Å². The van der Waals surface area contributed by atoms with Crippen LogP contribution in [0.15, 0.2) is 54.7 Å². The summed E-state index contributed by atoms with van der Waals surface area (Å²) in [6.07, 6.45) is 6.42. The summed E-state index contributed by atoms with van der Waals surface area (Å²) in [5.74, 6) is 0.559. The molecule has 1 amide bonds. The van der Waals surface area contributed by atoms with Gasteiger partial charge in [-0.25, -0.2) is 0 Å².